The second-order valence-electron chi connectivity index (χ2n) is 2.24. The van der Waals surface area contributed by atoms with Crippen molar-refractivity contribution >= 4 is 0 Å². The molecule has 0 radical (unpaired) electrons. The summed E-state index contributed by atoms with van der Waals surface area (Å²) in [5, 5.41) is 17.6. The van der Waals surface area contributed by atoms with Crippen LogP contribution in [0.25, 0.3) is 0 Å². The van der Waals surface area contributed by atoms with Gasteiger partial charge in [0, 0.05) is 5.56 Å². The van der Waals surface area contributed by atoms with Crippen LogP contribution in [0.15, 0.2) is 30.3 Å². The van der Waals surface area contributed by atoms with Crippen molar-refractivity contribution < 1.29 is 5.11 Å². The maximum Gasteiger partial charge on any atom is 0.229 e. The summed E-state index contributed by atoms with van der Waals surface area (Å²) in [6, 6.07) is 10.0. The van der Waals surface area contributed by atoms with Crippen molar-refractivity contribution in [1.29, 1.82) is 5.26 Å². The lowest BCUT2D eigenvalue weighted by atomic mass is 10.1. The van der Waals surface area contributed by atoms with Gasteiger partial charge in [-0.25, -0.2) is 0 Å². The molecule has 56 valence electrons. The van der Waals surface area contributed by atoms with Crippen LogP contribution in [-0.2, 0) is 5.72 Å². The Hall–Kier alpha value is -1.37. The quantitative estimate of drug-likeness (QED) is 0.445. The molecule has 0 amide bonds. The van der Waals surface area contributed by atoms with E-state index in [9.17, 15) is 5.11 Å². The van der Waals surface area contributed by atoms with Crippen LogP contribution in [-0.4, -0.2) is 5.11 Å². The molecule has 0 fully saturated rings. The SMILES string of the molecule is N#CC(N)(O)c1ccccc1. The first kappa shape index (κ1) is 7.73. The third-order valence-electron chi connectivity index (χ3n) is 1.38. The molecule has 0 aromatic heterocycles. The predicted octanol–water partition coefficient (Wildman–Crippen LogP) is 0.314. The Morgan fingerprint density at radius 3 is 2.36 bits per heavy atom. The van der Waals surface area contributed by atoms with Crippen LogP contribution < -0.4 is 5.73 Å². The van der Waals surface area contributed by atoms with Gasteiger partial charge in [-0.3, -0.25) is 5.73 Å². The molecule has 3 nitrogen and oxygen atoms in total. The van der Waals surface area contributed by atoms with E-state index in [0.29, 0.717) is 5.56 Å². The molecule has 1 atom stereocenters. The molecule has 1 unspecified atom stereocenters. The number of nitrogens with zero attached hydrogens (tertiary/aromatic N) is 1. The minimum Gasteiger partial charge on any atom is -0.360 e. The van der Waals surface area contributed by atoms with Crippen LogP contribution in [0.3, 0.4) is 0 Å². The molecule has 11 heavy (non-hydrogen) atoms. The van der Waals surface area contributed by atoms with Crippen molar-refractivity contribution in [3.63, 3.8) is 0 Å². The maximum absolute atomic E-state index is 9.21. The van der Waals surface area contributed by atoms with Gasteiger partial charge in [-0.05, 0) is 0 Å². The highest BCUT2D eigenvalue weighted by atomic mass is 16.3. The molecule has 0 spiro atoms. The maximum atomic E-state index is 9.21. The Bertz CT molecular complexity index is 274. The summed E-state index contributed by atoms with van der Waals surface area (Å²) in [4.78, 5) is 0. The number of hydrogen-bond donors (Lipinski definition) is 2. The molecule has 0 aliphatic rings. The minimum absolute atomic E-state index is 0.405. The molecule has 1 aromatic rings. The topological polar surface area (TPSA) is 70.0 Å². The summed E-state index contributed by atoms with van der Waals surface area (Å²) in [5.74, 6) is 0. The van der Waals surface area contributed by atoms with Gasteiger partial charge in [0.25, 0.3) is 0 Å². The highest BCUT2D eigenvalue weighted by molar-refractivity contribution is 5.26. The fraction of sp³-hybridized carbons (Fsp3) is 0.125. The van der Waals surface area contributed by atoms with Crippen molar-refractivity contribution in [3.8, 4) is 6.07 Å². The monoisotopic (exact) mass is 148 g/mol. The molecule has 0 aliphatic heterocycles. The number of aliphatic hydroxyl groups is 1. The van der Waals surface area contributed by atoms with Crippen LogP contribution in [0.4, 0.5) is 0 Å². The lowest BCUT2D eigenvalue weighted by Gasteiger charge is -2.13. The van der Waals surface area contributed by atoms with Crippen molar-refractivity contribution in [2.75, 3.05) is 0 Å². The van der Waals surface area contributed by atoms with Crippen LogP contribution >= 0.6 is 0 Å². The van der Waals surface area contributed by atoms with Crippen molar-refractivity contribution in [1.82, 2.24) is 0 Å². The Kier molecular flexibility index (Phi) is 1.90. The van der Waals surface area contributed by atoms with Gasteiger partial charge in [0.2, 0.25) is 5.72 Å². The third-order valence-corrected chi connectivity index (χ3v) is 1.38. The fourth-order valence-electron chi connectivity index (χ4n) is 0.757. The minimum atomic E-state index is -1.86. The second kappa shape index (κ2) is 2.70. The predicted molar refractivity (Wildman–Crippen MR) is 40.1 cm³/mol. The Balaban J connectivity index is 3.05. The molecule has 1 aromatic carbocycles. The first-order chi connectivity index (χ1) is 5.17. The van der Waals surface area contributed by atoms with Crippen LogP contribution in [0, 0.1) is 11.3 Å². The smallest absolute Gasteiger partial charge is 0.229 e. The first-order valence-electron chi connectivity index (χ1n) is 3.15. The molecule has 0 heterocycles. The van der Waals surface area contributed by atoms with E-state index in [1.165, 1.54) is 0 Å². The fourth-order valence-corrected chi connectivity index (χ4v) is 0.757. The molecule has 0 saturated carbocycles. The van der Waals surface area contributed by atoms with E-state index >= 15 is 0 Å². The summed E-state index contributed by atoms with van der Waals surface area (Å²) in [5.41, 5.74) is 3.78. The Morgan fingerprint density at radius 1 is 1.36 bits per heavy atom. The highest BCUT2D eigenvalue weighted by Gasteiger charge is 2.21. The molecule has 1 rings (SSSR count). The van der Waals surface area contributed by atoms with Gasteiger partial charge >= 0.3 is 0 Å². The first-order valence-corrected chi connectivity index (χ1v) is 3.15. The van der Waals surface area contributed by atoms with Gasteiger partial charge < -0.3 is 5.11 Å². The van der Waals surface area contributed by atoms with Crippen LogP contribution in [0.5, 0.6) is 0 Å². The van der Waals surface area contributed by atoms with Crippen molar-refractivity contribution in [3.05, 3.63) is 35.9 Å². The number of rotatable bonds is 1. The zero-order valence-corrected chi connectivity index (χ0v) is 5.86. The third kappa shape index (κ3) is 1.55. The highest BCUT2D eigenvalue weighted by Crippen LogP contribution is 2.12. The summed E-state index contributed by atoms with van der Waals surface area (Å²) >= 11 is 0. The van der Waals surface area contributed by atoms with Crippen LogP contribution in [0.2, 0.25) is 0 Å². The molecule has 0 aliphatic carbocycles. The van der Waals surface area contributed by atoms with E-state index in [-0.39, 0.29) is 0 Å². The number of hydrogen-bond acceptors (Lipinski definition) is 3. The van der Waals surface area contributed by atoms with Gasteiger partial charge in [-0.15, -0.1) is 0 Å². The molecule has 3 N–H and O–H groups in total. The van der Waals surface area contributed by atoms with E-state index in [4.69, 9.17) is 11.0 Å². The zero-order chi connectivity index (χ0) is 8.32. The van der Waals surface area contributed by atoms with Crippen LogP contribution in [0.1, 0.15) is 5.56 Å². The summed E-state index contributed by atoms with van der Waals surface area (Å²) < 4.78 is 0. The molecular formula is C8H8N2O. The summed E-state index contributed by atoms with van der Waals surface area (Å²) in [6.45, 7) is 0. The summed E-state index contributed by atoms with van der Waals surface area (Å²) in [7, 11) is 0. The van der Waals surface area contributed by atoms with Gasteiger partial charge in [-0.1, -0.05) is 30.3 Å². The average molecular weight is 148 g/mol. The Morgan fingerprint density at radius 2 is 1.91 bits per heavy atom. The standard InChI is InChI=1S/C8H8N2O/c9-6-8(10,11)7-4-2-1-3-5-7/h1-5,11H,10H2. The lowest BCUT2D eigenvalue weighted by molar-refractivity contribution is 0.106. The largest absolute Gasteiger partial charge is 0.360 e. The molecule has 0 bridgehead atoms. The van der Waals surface area contributed by atoms with Gasteiger partial charge in [-0.2, -0.15) is 5.26 Å². The van der Waals surface area contributed by atoms with Gasteiger partial charge in [0.05, 0.1) is 0 Å². The number of benzene rings is 1. The van der Waals surface area contributed by atoms with Gasteiger partial charge in [0.15, 0.2) is 0 Å². The Labute approximate surface area is 64.7 Å². The van der Waals surface area contributed by atoms with Gasteiger partial charge in [0.1, 0.15) is 6.07 Å². The summed E-state index contributed by atoms with van der Waals surface area (Å²) in [6.07, 6.45) is 0. The van der Waals surface area contributed by atoms with Crippen molar-refractivity contribution in [2.24, 2.45) is 5.73 Å². The molecule has 0 saturated heterocycles. The molecular weight excluding hydrogens is 140 g/mol. The zero-order valence-electron chi connectivity index (χ0n) is 5.86. The van der Waals surface area contributed by atoms with E-state index in [1.807, 2.05) is 0 Å². The van der Waals surface area contributed by atoms with E-state index in [1.54, 1.807) is 36.4 Å². The molecule has 3 heteroatoms. The normalized spacial score (nSPS) is 15.0. The average Bonchev–Trinajstić information content (AvgIpc) is 2.06. The van der Waals surface area contributed by atoms with E-state index < -0.39 is 5.72 Å². The lowest BCUT2D eigenvalue weighted by Crippen LogP contribution is -2.34. The second-order valence-corrected chi connectivity index (χ2v) is 2.24. The van der Waals surface area contributed by atoms with E-state index in [0.717, 1.165) is 0 Å². The van der Waals surface area contributed by atoms with Crippen molar-refractivity contribution in [2.45, 2.75) is 5.72 Å². The number of nitriles is 1. The van der Waals surface area contributed by atoms with E-state index in [2.05, 4.69) is 0 Å². The number of nitrogens with two attached hydrogens (primary N) is 1.